The van der Waals surface area contributed by atoms with Gasteiger partial charge in [-0.2, -0.15) is 0 Å². The molecule has 0 atom stereocenters. The van der Waals surface area contributed by atoms with Gasteiger partial charge in [-0.25, -0.2) is 4.98 Å². The summed E-state index contributed by atoms with van der Waals surface area (Å²) in [7, 11) is 0. The number of rotatable bonds is 9. The molecule has 5 heteroatoms. The second-order valence-corrected chi connectivity index (χ2v) is 21.1. The van der Waals surface area contributed by atoms with Gasteiger partial charge in [-0.3, -0.25) is 4.57 Å². The summed E-state index contributed by atoms with van der Waals surface area (Å²) in [4.78, 5) is 5.00. The lowest BCUT2D eigenvalue weighted by Crippen LogP contribution is -2.12. The number of ether oxygens (including phenoxy) is 1. The van der Waals surface area contributed by atoms with Gasteiger partial charge in [-0.05, 0) is 113 Å². The lowest BCUT2D eigenvalue weighted by molar-refractivity contribution is 0.483. The highest BCUT2D eigenvalue weighted by atomic mass is 16.5. The van der Waals surface area contributed by atoms with Crippen molar-refractivity contribution in [2.75, 3.05) is 0 Å². The Morgan fingerprint density at radius 3 is 1.73 bits per heavy atom. The van der Waals surface area contributed by atoms with Crippen LogP contribution in [0.15, 0.2) is 231 Å². The monoisotopic (exact) mass is 944 g/mol. The molecule has 0 amide bonds. The summed E-state index contributed by atoms with van der Waals surface area (Å²) >= 11 is 0. The van der Waals surface area contributed by atoms with Crippen LogP contribution in [0.3, 0.4) is 0 Å². The van der Waals surface area contributed by atoms with Crippen LogP contribution in [-0.2, 0) is 10.8 Å². The van der Waals surface area contributed by atoms with Crippen molar-refractivity contribution < 1.29 is 4.74 Å². The van der Waals surface area contributed by atoms with Gasteiger partial charge in [0.1, 0.15) is 17.3 Å². The molecule has 0 aliphatic carbocycles. The molecule has 1 aliphatic heterocycles. The molecule has 0 saturated carbocycles. The zero-order valence-electron chi connectivity index (χ0n) is 42.1. The van der Waals surface area contributed by atoms with Crippen LogP contribution in [0.1, 0.15) is 52.7 Å². The van der Waals surface area contributed by atoms with Crippen LogP contribution >= 0.6 is 0 Å². The van der Waals surface area contributed by atoms with Gasteiger partial charge < -0.3 is 4.74 Å². The van der Waals surface area contributed by atoms with Crippen LogP contribution in [0.4, 0.5) is 22.7 Å². The fourth-order valence-corrected chi connectivity index (χ4v) is 10.4. The molecule has 12 rings (SSSR count). The maximum atomic E-state index is 6.91. The van der Waals surface area contributed by atoms with Crippen molar-refractivity contribution in [3.05, 3.63) is 242 Å². The number of aromatic nitrogens is 2. The summed E-state index contributed by atoms with van der Waals surface area (Å²) < 4.78 is 13.6. The molecule has 3 heterocycles. The summed E-state index contributed by atoms with van der Waals surface area (Å²) in [6, 6.07) is 83.9. The molecule has 9 aromatic carbocycles. The van der Waals surface area contributed by atoms with E-state index in [1.165, 1.54) is 22.3 Å². The average molecular weight is 945 g/mol. The minimum absolute atomic E-state index is 0.0418. The van der Waals surface area contributed by atoms with Gasteiger partial charge in [0.2, 0.25) is 11.4 Å². The maximum Gasteiger partial charge on any atom is 0.503 e. The zero-order valence-corrected chi connectivity index (χ0v) is 42.1. The topological polar surface area (TPSA) is 33.1 Å². The first-order valence-corrected chi connectivity index (χ1v) is 25.2. The molecule has 5 nitrogen and oxygen atoms in total. The third kappa shape index (κ3) is 8.44. The highest BCUT2D eigenvalue weighted by Crippen LogP contribution is 2.49. The molecule has 0 bridgehead atoms. The number of benzene rings is 9. The summed E-state index contributed by atoms with van der Waals surface area (Å²) in [6.45, 7) is 13.5. The molecule has 0 fully saturated rings. The summed E-state index contributed by atoms with van der Waals surface area (Å²) in [5.41, 5.74) is 17.9. The van der Waals surface area contributed by atoms with Crippen molar-refractivity contribution >= 4 is 50.6 Å². The van der Waals surface area contributed by atoms with E-state index in [2.05, 4.69) is 280 Å². The lowest BCUT2D eigenvalue weighted by atomic mass is 9.85. The lowest BCUT2D eigenvalue weighted by Gasteiger charge is -2.20. The van der Waals surface area contributed by atoms with Crippen LogP contribution in [0, 0.1) is 0 Å². The van der Waals surface area contributed by atoms with Crippen LogP contribution in [-0.4, -0.2) is 15.6 Å². The number of fused-ring (bicyclic) bond motifs is 4. The number of para-hydroxylation sites is 2. The van der Waals surface area contributed by atoms with E-state index in [0.717, 1.165) is 89.5 Å². The first-order valence-electron chi connectivity index (χ1n) is 25.2. The molecular weight excluding hydrogens is 889 g/mol. The van der Waals surface area contributed by atoms with E-state index in [-0.39, 0.29) is 10.8 Å². The Hall–Kier alpha value is -8.89. The van der Waals surface area contributed by atoms with E-state index in [4.69, 9.17) is 9.72 Å². The molecule has 0 N–H and O–H groups in total. The molecule has 352 valence electrons. The number of hydrogen-bond donors (Lipinski definition) is 0. The number of nitrogens with zero attached hydrogens (tertiary/aromatic N) is 4. The Kier molecular flexibility index (Phi) is 11.2. The number of hydrogen-bond acceptors (Lipinski definition) is 2. The molecule has 1 aliphatic rings. The Balaban J connectivity index is 0.980. The molecule has 0 unspecified atom stereocenters. The average Bonchev–Trinajstić information content (AvgIpc) is 3.97. The molecular formula is C68H56N4O+2. The van der Waals surface area contributed by atoms with E-state index in [0.29, 0.717) is 5.75 Å². The predicted octanol–water partition coefficient (Wildman–Crippen LogP) is 18.1. The van der Waals surface area contributed by atoms with Crippen LogP contribution in [0.5, 0.6) is 11.5 Å². The highest BCUT2D eigenvalue weighted by molar-refractivity contribution is 6.11. The maximum absolute atomic E-state index is 6.91. The SMILES string of the molecule is CC(C)(C)c1cccc(-c2ccc3c(c2)c2ccc(Oc4cccc([N+]5=C=[N+](c6ccccc6)c6c(-c7c(-c8ccccc8)cccc7-c7ccccc7)cccc65)c4)cc2n3-c2cc(C(C)(C)C)ccn2)c1. The van der Waals surface area contributed by atoms with Gasteiger partial charge in [0, 0.05) is 52.9 Å². The van der Waals surface area contributed by atoms with E-state index in [1.807, 2.05) is 12.3 Å². The Morgan fingerprint density at radius 2 is 1.01 bits per heavy atom. The van der Waals surface area contributed by atoms with Gasteiger partial charge in [0.25, 0.3) is 5.69 Å². The second kappa shape index (κ2) is 18.1. The first-order chi connectivity index (χ1) is 35.5. The van der Waals surface area contributed by atoms with Gasteiger partial charge in [0.15, 0.2) is 0 Å². The van der Waals surface area contributed by atoms with E-state index < -0.39 is 0 Å². The fourth-order valence-electron chi connectivity index (χ4n) is 10.4. The van der Waals surface area contributed by atoms with Crippen LogP contribution < -0.4 is 13.9 Å². The number of pyridine rings is 1. The van der Waals surface area contributed by atoms with Gasteiger partial charge in [0.05, 0.1) is 22.7 Å². The Labute approximate surface area is 427 Å². The Bertz CT molecular complexity index is 3920. The van der Waals surface area contributed by atoms with E-state index >= 15 is 0 Å². The van der Waals surface area contributed by atoms with Gasteiger partial charge in [-0.1, -0.05) is 181 Å². The quantitative estimate of drug-likeness (QED) is 0.135. The van der Waals surface area contributed by atoms with Gasteiger partial charge in [-0.15, -0.1) is 0 Å². The molecule has 0 spiro atoms. The molecule has 11 aromatic rings. The minimum Gasteiger partial charge on any atom is -0.457 e. The van der Waals surface area contributed by atoms with Crippen molar-refractivity contribution in [2.45, 2.75) is 52.4 Å². The molecule has 73 heavy (non-hydrogen) atoms. The second-order valence-electron chi connectivity index (χ2n) is 21.1. The first kappa shape index (κ1) is 45.3. The normalized spacial score (nSPS) is 12.5. The summed E-state index contributed by atoms with van der Waals surface area (Å²) in [5.74, 6) is 2.32. The molecule has 2 aromatic heterocycles. The predicted molar refractivity (Wildman–Crippen MR) is 305 cm³/mol. The van der Waals surface area contributed by atoms with Crippen molar-refractivity contribution in [2.24, 2.45) is 0 Å². The third-order valence-corrected chi connectivity index (χ3v) is 14.1. The van der Waals surface area contributed by atoms with Crippen LogP contribution in [0.2, 0.25) is 0 Å². The third-order valence-electron chi connectivity index (χ3n) is 14.1. The van der Waals surface area contributed by atoms with Crippen molar-refractivity contribution in [1.82, 2.24) is 18.7 Å². The fraction of sp³-hybridized carbons (Fsp3) is 0.118. The standard InChI is InChI=1S/C68H56N4O/c1-67(2,3)50-25-16-24-48(40-50)49-34-37-61-60(41-49)58-36-35-55(44-63(58)72(61)64-42-51(38-39-69-64)68(4,5)6)73-54-29-17-28-53(43-54)70-45-71(52-26-14-9-15-27-52)66-59(32-19-33-62(66)70)65-56(46-20-10-7-11-21-46)30-18-31-57(65)47-22-12-8-13-23-47/h7-44H,1-6H3/q+2. The van der Waals surface area contributed by atoms with Crippen molar-refractivity contribution in [3.63, 3.8) is 0 Å². The zero-order chi connectivity index (χ0) is 49.8. The van der Waals surface area contributed by atoms with E-state index in [9.17, 15) is 0 Å². The smallest absolute Gasteiger partial charge is 0.457 e. The minimum atomic E-state index is -0.0524. The molecule has 0 radical (unpaired) electrons. The summed E-state index contributed by atoms with van der Waals surface area (Å²) in [5, 5.41) is 2.29. The molecule has 0 saturated heterocycles. The van der Waals surface area contributed by atoms with Gasteiger partial charge >= 0.3 is 11.7 Å². The van der Waals surface area contributed by atoms with Crippen molar-refractivity contribution in [1.29, 1.82) is 0 Å². The largest absolute Gasteiger partial charge is 0.503 e. The van der Waals surface area contributed by atoms with E-state index in [1.54, 1.807) is 0 Å². The summed E-state index contributed by atoms with van der Waals surface area (Å²) in [6.07, 6.45) is 1.93. The van der Waals surface area contributed by atoms with Crippen molar-refractivity contribution in [3.8, 4) is 61.8 Å². The van der Waals surface area contributed by atoms with Crippen LogP contribution in [0.25, 0.3) is 72.1 Å². The Morgan fingerprint density at radius 1 is 0.425 bits per heavy atom. The highest BCUT2D eigenvalue weighted by Gasteiger charge is 2.40.